The van der Waals surface area contributed by atoms with Gasteiger partial charge in [0.25, 0.3) is 0 Å². The summed E-state index contributed by atoms with van der Waals surface area (Å²) >= 11 is 3.67. The first kappa shape index (κ1) is 15.4. The van der Waals surface area contributed by atoms with Gasteiger partial charge < -0.3 is 10.1 Å². The van der Waals surface area contributed by atoms with Crippen molar-refractivity contribution in [3.05, 3.63) is 28.2 Å². The Kier molecular flexibility index (Phi) is 5.23. The van der Waals surface area contributed by atoms with Crippen molar-refractivity contribution in [2.75, 3.05) is 0 Å². The summed E-state index contributed by atoms with van der Waals surface area (Å²) in [6.45, 7) is 3.23. The summed E-state index contributed by atoms with van der Waals surface area (Å²) in [6.07, 6.45) is 9.41. The lowest BCUT2D eigenvalue weighted by molar-refractivity contribution is 0.128. The van der Waals surface area contributed by atoms with E-state index in [0.717, 1.165) is 28.7 Å². The maximum absolute atomic E-state index is 6.38. The summed E-state index contributed by atoms with van der Waals surface area (Å²) < 4.78 is 7.47. The second kappa shape index (κ2) is 7.15. The summed E-state index contributed by atoms with van der Waals surface area (Å²) in [7, 11) is 0. The van der Waals surface area contributed by atoms with Gasteiger partial charge in [0.05, 0.1) is 10.6 Å². The van der Waals surface area contributed by atoms with Gasteiger partial charge in [-0.25, -0.2) is 0 Å². The summed E-state index contributed by atoms with van der Waals surface area (Å²) in [5.41, 5.74) is 1.29. The smallest absolute Gasteiger partial charge is 0.138 e. The van der Waals surface area contributed by atoms with Crippen LogP contribution in [0.3, 0.4) is 0 Å². The molecule has 0 bridgehead atoms. The molecule has 0 aliphatic heterocycles. The molecule has 0 amide bonds. The van der Waals surface area contributed by atoms with Crippen LogP contribution in [0.15, 0.2) is 22.7 Å². The van der Waals surface area contributed by atoms with E-state index in [1.165, 1.54) is 50.5 Å². The summed E-state index contributed by atoms with van der Waals surface area (Å²) in [5.74, 6) is 1.98. The minimum absolute atomic E-state index is 0.395. The molecule has 2 nitrogen and oxygen atoms in total. The first-order valence-corrected chi connectivity index (χ1v) is 9.23. The normalized spacial score (nSPS) is 25.8. The van der Waals surface area contributed by atoms with Gasteiger partial charge in [0.15, 0.2) is 0 Å². The van der Waals surface area contributed by atoms with Gasteiger partial charge in [-0.15, -0.1) is 0 Å². The van der Waals surface area contributed by atoms with Crippen molar-refractivity contribution < 1.29 is 4.74 Å². The van der Waals surface area contributed by atoms with E-state index in [4.69, 9.17) is 4.74 Å². The van der Waals surface area contributed by atoms with Crippen molar-refractivity contribution in [1.29, 1.82) is 0 Å². The van der Waals surface area contributed by atoms with Gasteiger partial charge in [-0.3, -0.25) is 0 Å². The Morgan fingerprint density at radius 2 is 1.90 bits per heavy atom. The van der Waals surface area contributed by atoms with Crippen molar-refractivity contribution in [1.82, 2.24) is 5.32 Å². The highest BCUT2D eigenvalue weighted by atomic mass is 79.9. The molecule has 0 heterocycles. The van der Waals surface area contributed by atoms with E-state index in [-0.39, 0.29) is 0 Å². The molecule has 0 spiro atoms. The van der Waals surface area contributed by atoms with Crippen molar-refractivity contribution in [3.8, 4) is 5.75 Å². The molecule has 0 aromatic heterocycles. The molecule has 3 rings (SSSR count). The molecule has 1 aromatic rings. The topological polar surface area (TPSA) is 21.3 Å². The van der Waals surface area contributed by atoms with Crippen LogP contribution in [0.5, 0.6) is 5.75 Å². The monoisotopic (exact) mass is 351 g/mol. The standard InChI is InChI=1S/C18H26BrNO/c1-2-13-6-10-16(11-7-13)21-18-14(4-3-5-17(18)19)12-20-15-8-9-15/h3-5,13,15-16,20H,2,6-12H2,1H3. The Morgan fingerprint density at radius 1 is 1.14 bits per heavy atom. The summed E-state index contributed by atoms with van der Waals surface area (Å²) in [4.78, 5) is 0. The van der Waals surface area contributed by atoms with Gasteiger partial charge in [-0.05, 0) is 66.4 Å². The van der Waals surface area contributed by atoms with Crippen molar-refractivity contribution in [2.45, 2.75) is 70.6 Å². The largest absolute Gasteiger partial charge is 0.489 e. The predicted octanol–water partition coefficient (Wildman–Crippen LogP) is 5.05. The molecule has 0 unspecified atom stereocenters. The van der Waals surface area contributed by atoms with Crippen molar-refractivity contribution in [2.24, 2.45) is 5.92 Å². The molecule has 1 N–H and O–H groups in total. The zero-order valence-corrected chi connectivity index (χ0v) is 14.5. The van der Waals surface area contributed by atoms with Crippen molar-refractivity contribution in [3.63, 3.8) is 0 Å². The molecule has 1 aromatic carbocycles. The van der Waals surface area contributed by atoms with Crippen LogP contribution in [0.2, 0.25) is 0 Å². The van der Waals surface area contributed by atoms with E-state index < -0.39 is 0 Å². The Bertz CT molecular complexity index is 464. The summed E-state index contributed by atoms with van der Waals surface area (Å²) in [6, 6.07) is 7.12. The Balaban J connectivity index is 1.63. The van der Waals surface area contributed by atoms with Gasteiger partial charge >= 0.3 is 0 Å². The SMILES string of the molecule is CCC1CCC(Oc2c(Br)cccc2CNC2CC2)CC1. The lowest BCUT2D eigenvalue weighted by Gasteiger charge is -2.29. The number of benzene rings is 1. The maximum Gasteiger partial charge on any atom is 0.138 e. The molecular weight excluding hydrogens is 326 g/mol. The number of hydrogen-bond acceptors (Lipinski definition) is 2. The van der Waals surface area contributed by atoms with E-state index >= 15 is 0 Å². The number of para-hydroxylation sites is 1. The third-order valence-electron chi connectivity index (χ3n) is 4.86. The average Bonchev–Trinajstić information content (AvgIpc) is 3.33. The minimum Gasteiger partial charge on any atom is -0.489 e. The van der Waals surface area contributed by atoms with Crippen LogP contribution in [-0.2, 0) is 6.54 Å². The molecule has 2 aliphatic carbocycles. The van der Waals surface area contributed by atoms with Crippen LogP contribution in [0.4, 0.5) is 0 Å². The van der Waals surface area contributed by atoms with Crippen LogP contribution < -0.4 is 10.1 Å². The fraction of sp³-hybridized carbons (Fsp3) is 0.667. The highest BCUT2D eigenvalue weighted by Gasteiger charge is 2.24. The van der Waals surface area contributed by atoms with E-state index in [9.17, 15) is 0 Å². The number of nitrogens with one attached hydrogen (secondary N) is 1. The third kappa shape index (κ3) is 4.23. The van der Waals surface area contributed by atoms with Gasteiger partial charge in [0, 0.05) is 18.2 Å². The molecule has 2 aliphatic rings. The number of hydrogen-bond donors (Lipinski definition) is 1. The number of ether oxygens (including phenoxy) is 1. The molecule has 0 saturated heterocycles. The molecule has 116 valence electrons. The van der Waals surface area contributed by atoms with Crippen LogP contribution in [0.1, 0.15) is 57.4 Å². The second-order valence-corrected chi connectivity index (χ2v) is 7.41. The van der Waals surface area contributed by atoms with E-state index in [2.05, 4.69) is 46.4 Å². The van der Waals surface area contributed by atoms with Gasteiger partial charge in [0.2, 0.25) is 0 Å². The van der Waals surface area contributed by atoms with Crippen LogP contribution in [-0.4, -0.2) is 12.1 Å². The highest BCUT2D eigenvalue weighted by molar-refractivity contribution is 9.10. The fourth-order valence-electron chi connectivity index (χ4n) is 3.19. The fourth-order valence-corrected chi connectivity index (χ4v) is 3.69. The van der Waals surface area contributed by atoms with Crippen LogP contribution in [0.25, 0.3) is 0 Å². The Labute approximate surface area is 136 Å². The predicted molar refractivity (Wildman–Crippen MR) is 90.7 cm³/mol. The Morgan fingerprint density at radius 3 is 2.57 bits per heavy atom. The van der Waals surface area contributed by atoms with E-state index in [0.29, 0.717) is 6.10 Å². The zero-order chi connectivity index (χ0) is 14.7. The molecule has 0 atom stereocenters. The minimum atomic E-state index is 0.395. The lowest BCUT2D eigenvalue weighted by atomic mass is 9.86. The molecule has 2 saturated carbocycles. The van der Waals surface area contributed by atoms with Crippen LogP contribution in [0, 0.1) is 5.92 Å². The summed E-state index contributed by atoms with van der Waals surface area (Å²) in [5, 5.41) is 3.59. The molecule has 2 fully saturated rings. The van der Waals surface area contributed by atoms with Crippen molar-refractivity contribution >= 4 is 15.9 Å². The third-order valence-corrected chi connectivity index (χ3v) is 5.49. The number of rotatable bonds is 6. The van der Waals surface area contributed by atoms with E-state index in [1.54, 1.807) is 0 Å². The number of halogens is 1. The van der Waals surface area contributed by atoms with E-state index in [1.807, 2.05) is 0 Å². The van der Waals surface area contributed by atoms with Gasteiger partial charge in [-0.2, -0.15) is 0 Å². The molecular formula is C18H26BrNO. The highest BCUT2D eigenvalue weighted by Crippen LogP contribution is 2.35. The quantitative estimate of drug-likeness (QED) is 0.774. The van der Waals surface area contributed by atoms with Crippen LogP contribution >= 0.6 is 15.9 Å². The second-order valence-electron chi connectivity index (χ2n) is 6.55. The average molecular weight is 352 g/mol. The molecule has 0 radical (unpaired) electrons. The zero-order valence-electron chi connectivity index (χ0n) is 12.9. The van der Waals surface area contributed by atoms with Gasteiger partial charge in [-0.1, -0.05) is 25.5 Å². The maximum atomic E-state index is 6.38. The first-order valence-electron chi connectivity index (χ1n) is 8.43. The lowest BCUT2D eigenvalue weighted by Crippen LogP contribution is -2.25. The Hall–Kier alpha value is -0.540. The molecule has 3 heteroatoms. The van der Waals surface area contributed by atoms with Gasteiger partial charge in [0.1, 0.15) is 5.75 Å². The molecule has 21 heavy (non-hydrogen) atoms. The first-order chi connectivity index (χ1) is 10.3.